The van der Waals surface area contributed by atoms with Gasteiger partial charge in [-0.05, 0) is 30.7 Å². The van der Waals surface area contributed by atoms with E-state index in [9.17, 15) is 18.4 Å². The number of carbonyl (C=O) groups excluding carboxylic acids is 1. The number of alkyl halides is 2. The van der Waals surface area contributed by atoms with Crippen LogP contribution < -0.4 is 15.2 Å². The van der Waals surface area contributed by atoms with E-state index >= 15 is 0 Å². The van der Waals surface area contributed by atoms with Crippen molar-refractivity contribution in [2.45, 2.75) is 20.1 Å². The van der Waals surface area contributed by atoms with Crippen LogP contribution >= 0.6 is 0 Å². The molecule has 2 aromatic carbocycles. The molecule has 1 amide bonds. The number of halogens is 2. The third kappa shape index (κ3) is 5.32. The average Bonchev–Trinajstić information content (AvgIpc) is 3.18. The average molecular weight is 539 g/mol. The molecular formula is C27H28F2N6O4. The van der Waals surface area contributed by atoms with E-state index < -0.39 is 13.2 Å². The number of aliphatic hydroxyl groups is 1. The van der Waals surface area contributed by atoms with Crippen LogP contribution in [-0.2, 0) is 18.4 Å². The smallest absolute Gasteiger partial charge is 0.387 e. The van der Waals surface area contributed by atoms with Gasteiger partial charge in [0.05, 0.1) is 17.4 Å². The molecule has 1 fully saturated rings. The van der Waals surface area contributed by atoms with Gasteiger partial charge in [-0.25, -0.2) is 9.97 Å². The molecule has 5 rings (SSSR count). The molecule has 0 bridgehead atoms. The fraction of sp³-hybridized carbons (Fsp3) is 0.333. The van der Waals surface area contributed by atoms with Gasteiger partial charge in [0.25, 0.3) is 5.56 Å². The number of piperazine rings is 1. The Morgan fingerprint density at radius 2 is 1.77 bits per heavy atom. The summed E-state index contributed by atoms with van der Waals surface area (Å²) in [6.07, 6.45) is 3.41. The van der Waals surface area contributed by atoms with Crippen molar-refractivity contribution in [3.05, 3.63) is 70.3 Å². The van der Waals surface area contributed by atoms with Crippen molar-refractivity contribution >= 4 is 22.8 Å². The molecule has 39 heavy (non-hydrogen) atoms. The lowest BCUT2D eigenvalue weighted by molar-refractivity contribution is -0.134. The highest BCUT2D eigenvalue weighted by atomic mass is 19.3. The van der Waals surface area contributed by atoms with Crippen molar-refractivity contribution in [1.82, 2.24) is 24.2 Å². The maximum absolute atomic E-state index is 13.0. The second-order valence-corrected chi connectivity index (χ2v) is 9.41. The predicted octanol–water partition coefficient (Wildman–Crippen LogP) is 2.40. The van der Waals surface area contributed by atoms with Crippen LogP contribution in [0.1, 0.15) is 11.1 Å². The predicted molar refractivity (Wildman–Crippen MR) is 141 cm³/mol. The van der Waals surface area contributed by atoms with Gasteiger partial charge in [0.2, 0.25) is 11.9 Å². The van der Waals surface area contributed by atoms with Crippen LogP contribution in [0.5, 0.6) is 5.75 Å². The highest BCUT2D eigenvalue weighted by Crippen LogP contribution is 2.27. The van der Waals surface area contributed by atoms with Crippen LogP contribution in [0.25, 0.3) is 22.0 Å². The minimum absolute atomic E-state index is 0.0617. The van der Waals surface area contributed by atoms with Gasteiger partial charge < -0.3 is 19.6 Å². The monoisotopic (exact) mass is 538 g/mol. The number of anilines is 1. The number of benzene rings is 2. The Kier molecular flexibility index (Phi) is 7.29. The first-order valence-corrected chi connectivity index (χ1v) is 12.4. The van der Waals surface area contributed by atoms with Gasteiger partial charge in [-0.3, -0.25) is 19.0 Å². The Morgan fingerprint density at radius 1 is 1.05 bits per heavy atom. The van der Waals surface area contributed by atoms with Crippen molar-refractivity contribution < 1.29 is 23.4 Å². The van der Waals surface area contributed by atoms with Gasteiger partial charge in [-0.15, -0.1) is 0 Å². The van der Waals surface area contributed by atoms with Gasteiger partial charge in [-0.1, -0.05) is 23.8 Å². The van der Waals surface area contributed by atoms with Crippen molar-refractivity contribution in [3.8, 4) is 16.9 Å². The second kappa shape index (κ2) is 10.8. The van der Waals surface area contributed by atoms with Gasteiger partial charge in [0.15, 0.2) is 0 Å². The van der Waals surface area contributed by atoms with E-state index in [1.54, 1.807) is 47.2 Å². The molecule has 204 valence electrons. The number of rotatable bonds is 7. The number of aliphatic hydroxyl groups excluding tert-OH is 1. The Morgan fingerprint density at radius 3 is 2.44 bits per heavy atom. The summed E-state index contributed by atoms with van der Waals surface area (Å²) < 4.78 is 33.9. The second-order valence-electron chi connectivity index (χ2n) is 9.41. The molecule has 0 saturated carbocycles. The van der Waals surface area contributed by atoms with Crippen LogP contribution in [0.4, 0.5) is 14.7 Å². The molecule has 3 heterocycles. The van der Waals surface area contributed by atoms with Crippen molar-refractivity contribution in [3.63, 3.8) is 0 Å². The summed E-state index contributed by atoms with van der Waals surface area (Å²) >= 11 is 0. The molecule has 0 aliphatic carbocycles. The fourth-order valence-electron chi connectivity index (χ4n) is 4.84. The Hall–Kier alpha value is -4.32. The van der Waals surface area contributed by atoms with E-state index in [1.807, 2.05) is 24.0 Å². The molecule has 0 unspecified atom stereocenters. The zero-order chi connectivity index (χ0) is 27.7. The number of aryl methyl sites for hydroxylation is 1. The Bertz CT molecular complexity index is 1560. The van der Waals surface area contributed by atoms with Crippen LogP contribution in [0.15, 0.2) is 53.6 Å². The minimum atomic E-state index is -2.96. The van der Waals surface area contributed by atoms with Crippen LogP contribution in [0, 0.1) is 6.92 Å². The normalized spacial score (nSPS) is 13.9. The lowest BCUT2D eigenvalue weighted by atomic mass is 10.1. The van der Waals surface area contributed by atoms with E-state index in [-0.39, 0.29) is 23.8 Å². The third-order valence-electron chi connectivity index (χ3n) is 6.94. The lowest BCUT2D eigenvalue weighted by Gasteiger charge is -2.34. The molecule has 1 aliphatic rings. The number of amides is 1. The summed E-state index contributed by atoms with van der Waals surface area (Å²) in [4.78, 5) is 37.2. The summed E-state index contributed by atoms with van der Waals surface area (Å²) in [5, 5.41) is 9.55. The van der Waals surface area contributed by atoms with E-state index in [2.05, 4.69) is 9.97 Å². The standard InChI is InChI=1S/C27H28F2N6O4/c1-17-3-6-23(39-26(28)29)19(11-17)15-35-22-12-18(4-5-21(22)25(38)32(35)2)20-13-30-27(31-14-20)34-9-7-33(8-10-34)24(37)16-36/h3-6,11-14,26,36H,7-10,15-16H2,1-2H3. The van der Waals surface area contributed by atoms with Gasteiger partial charge in [0, 0.05) is 56.7 Å². The number of aromatic nitrogens is 4. The Balaban J connectivity index is 1.43. The molecule has 0 atom stereocenters. The maximum Gasteiger partial charge on any atom is 0.387 e. The van der Waals surface area contributed by atoms with Gasteiger partial charge in [-0.2, -0.15) is 8.78 Å². The number of nitrogens with zero attached hydrogens (tertiary/aromatic N) is 6. The highest BCUT2D eigenvalue weighted by molar-refractivity contribution is 5.84. The number of carbonyl (C=O) groups is 1. The molecular weight excluding hydrogens is 510 g/mol. The van der Waals surface area contributed by atoms with E-state index in [0.717, 1.165) is 16.7 Å². The largest absolute Gasteiger partial charge is 0.434 e. The van der Waals surface area contributed by atoms with Crippen molar-refractivity contribution in [2.75, 3.05) is 37.7 Å². The van der Waals surface area contributed by atoms with E-state index in [4.69, 9.17) is 9.84 Å². The zero-order valence-electron chi connectivity index (χ0n) is 21.5. The molecule has 1 saturated heterocycles. The molecule has 1 aliphatic heterocycles. The molecule has 0 spiro atoms. The summed E-state index contributed by atoms with van der Waals surface area (Å²) in [7, 11) is 1.64. The topological polar surface area (TPSA) is 106 Å². The first-order chi connectivity index (χ1) is 18.7. The third-order valence-corrected chi connectivity index (χ3v) is 6.94. The highest BCUT2D eigenvalue weighted by Gasteiger charge is 2.22. The fourth-order valence-corrected chi connectivity index (χ4v) is 4.84. The van der Waals surface area contributed by atoms with Crippen LogP contribution in [0.2, 0.25) is 0 Å². The summed E-state index contributed by atoms with van der Waals surface area (Å²) in [6, 6.07) is 10.4. The quantitative estimate of drug-likeness (QED) is 0.385. The number of hydrogen-bond acceptors (Lipinski definition) is 7. The summed E-state index contributed by atoms with van der Waals surface area (Å²) in [6.45, 7) is 0.642. The minimum Gasteiger partial charge on any atom is -0.434 e. The summed E-state index contributed by atoms with van der Waals surface area (Å²) in [5.41, 5.74) is 3.38. The zero-order valence-corrected chi connectivity index (χ0v) is 21.5. The molecule has 12 heteroatoms. The number of ether oxygens (including phenoxy) is 1. The Labute approximate surface area is 222 Å². The molecule has 0 radical (unpaired) electrons. The van der Waals surface area contributed by atoms with Gasteiger partial charge >= 0.3 is 6.61 Å². The molecule has 4 aromatic rings. The number of fused-ring (bicyclic) bond motifs is 1. The molecule has 10 nitrogen and oxygen atoms in total. The van der Waals surface area contributed by atoms with Crippen molar-refractivity contribution in [1.29, 1.82) is 0 Å². The van der Waals surface area contributed by atoms with E-state index in [1.165, 1.54) is 10.7 Å². The van der Waals surface area contributed by atoms with Gasteiger partial charge in [0.1, 0.15) is 12.4 Å². The van der Waals surface area contributed by atoms with Crippen LogP contribution in [0.3, 0.4) is 0 Å². The van der Waals surface area contributed by atoms with Crippen LogP contribution in [-0.4, -0.2) is 74.6 Å². The molecule has 2 aromatic heterocycles. The first-order valence-electron chi connectivity index (χ1n) is 12.4. The first kappa shape index (κ1) is 26.3. The van der Waals surface area contributed by atoms with Crippen molar-refractivity contribution in [2.24, 2.45) is 7.05 Å². The summed E-state index contributed by atoms with van der Waals surface area (Å²) in [5.74, 6) is 0.311. The number of hydrogen-bond donors (Lipinski definition) is 1. The molecule has 1 N–H and O–H groups in total. The maximum atomic E-state index is 13.0. The lowest BCUT2D eigenvalue weighted by Crippen LogP contribution is -2.50. The SMILES string of the molecule is Cc1ccc(OC(F)F)c(Cn2c3cc(-c4cnc(N5CCN(C(=O)CO)CC5)nc4)ccc3c(=O)n2C)c1. The van der Waals surface area contributed by atoms with E-state index in [0.29, 0.717) is 48.6 Å².